The van der Waals surface area contributed by atoms with Gasteiger partial charge in [-0.05, 0) is 36.7 Å². The average Bonchev–Trinajstić information content (AvgIpc) is 2.63. The van der Waals surface area contributed by atoms with E-state index in [9.17, 15) is 4.79 Å². The highest BCUT2D eigenvalue weighted by molar-refractivity contribution is 9.11. The third-order valence-electron chi connectivity index (χ3n) is 2.09. The van der Waals surface area contributed by atoms with Gasteiger partial charge in [0.05, 0.1) is 5.69 Å². The molecule has 18 heavy (non-hydrogen) atoms. The minimum Gasteiger partial charge on any atom is -0.444 e. The summed E-state index contributed by atoms with van der Waals surface area (Å²) in [5.41, 5.74) is 6.07. The number of nitrogens with one attached hydrogen (secondary N) is 1. The number of thiazole rings is 1. The van der Waals surface area contributed by atoms with Gasteiger partial charge in [-0.3, -0.25) is 0 Å². The van der Waals surface area contributed by atoms with E-state index in [0.717, 1.165) is 9.61 Å². The molecule has 0 saturated heterocycles. The SMILES string of the molecule is CC(C)(C)OC(=O)NCC(CN)c1csc(Br)n1. The normalized spacial score (nSPS) is 13.2. The van der Waals surface area contributed by atoms with Crippen LogP contribution in [-0.2, 0) is 4.74 Å². The molecule has 1 atom stereocenters. The maximum absolute atomic E-state index is 11.5. The van der Waals surface area contributed by atoms with E-state index in [0.29, 0.717) is 13.1 Å². The number of halogens is 1. The van der Waals surface area contributed by atoms with E-state index in [1.807, 2.05) is 26.2 Å². The number of carbonyl (C=O) groups excluding carboxylic acids is 1. The van der Waals surface area contributed by atoms with E-state index < -0.39 is 11.7 Å². The Labute approximate surface area is 119 Å². The van der Waals surface area contributed by atoms with Gasteiger partial charge in [-0.25, -0.2) is 9.78 Å². The Bertz CT molecular complexity index is 403. The molecule has 1 rings (SSSR count). The zero-order valence-electron chi connectivity index (χ0n) is 10.7. The van der Waals surface area contributed by atoms with Crippen molar-refractivity contribution in [3.05, 3.63) is 15.0 Å². The Hall–Kier alpha value is -0.660. The number of alkyl carbamates (subject to hydrolysis) is 1. The van der Waals surface area contributed by atoms with Crippen LogP contribution in [-0.4, -0.2) is 29.8 Å². The molecule has 0 aromatic carbocycles. The van der Waals surface area contributed by atoms with Crippen LogP contribution in [0.3, 0.4) is 0 Å². The molecule has 1 heterocycles. The Balaban J connectivity index is 2.48. The van der Waals surface area contributed by atoms with Crippen LogP contribution < -0.4 is 11.1 Å². The lowest BCUT2D eigenvalue weighted by Crippen LogP contribution is -2.36. The van der Waals surface area contributed by atoms with E-state index in [4.69, 9.17) is 10.5 Å². The lowest BCUT2D eigenvalue weighted by atomic mass is 10.1. The smallest absolute Gasteiger partial charge is 0.407 e. The summed E-state index contributed by atoms with van der Waals surface area (Å²) in [7, 11) is 0. The first-order valence-electron chi connectivity index (χ1n) is 5.59. The van der Waals surface area contributed by atoms with Crippen LogP contribution in [0, 0.1) is 0 Å². The Morgan fingerprint density at radius 1 is 1.67 bits per heavy atom. The van der Waals surface area contributed by atoms with Crippen LogP contribution in [0.2, 0.25) is 0 Å². The number of nitrogens with zero attached hydrogens (tertiary/aromatic N) is 1. The fourth-order valence-electron chi connectivity index (χ4n) is 1.28. The molecule has 0 saturated carbocycles. The van der Waals surface area contributed by atoms with Crippen LogP contribution in [0.1, 0.15) is 32.4 Å². The summed E-state index contributed by atoms with van der Waals surface area (Å²) in [5, 5.41) is 4.64. The van der Waals surface area contributed by atoms with Crippen molar-refractivity contribution in [2.75, 3.05) is 13.1 Å². The molecule has 0 fully saturated rings. The molecular weight excluding hydrogens is 318 g/mol. The van der Waals surface area contributed by atoms with Crippen molar-refractivity contribution in [2.45, 2.75) is 32.3 Å². The highest BCUT2D eigenvalue weighted by Gasteiger charge is 2.18. The zero-order chi connectivity index (χ0) is 13.8. The maximum atomic E-state index is 11.5. The summed E-state index contributed by atoms with van der Waals surface area (Å²) < 4.78 is 5.97. The monoisotopic (exact) mass is 335 g/mol. The van der Waals surface area contributed by atoms with Gasteiger partial charge >= 0.3 is 6.09 Å². The number of ether oxygens (including phenoxy) is 1. The van der Waals surface area contributed by atoms with Crippen molar-refractivity contribution >= 4 is 33.4 Å². The van der Waals surface area contributed by atoms with E-state index >= 15 is 0 Å². The van der Waals surface area contributed by atoms with Gasteiger partial charge in [0.1, 0.15) is 5.60 Å². The number of rotatable bonds is 4. The highest BCUT2D eigenvalue weighted by Crippen LogP contribution is 2.21. The molecule has 1 unspecified atom stereocenters. The van der Waals surface area contributed by atoms with Crippen molar-refractivity contribution in [2.24, 2.45) is 5.73 Å². The molecule has 7 heteroatoms. The maximum Gasteiger partial charge on any atom is 0.407 e. The first-order valence-corrected chi connectivity index (χ1v) is 7.27. The van der Waals surface area contributed by atoms with E-state index in [1.54, 1.807) is 0 Å². The van der Waals surface area contributed by atoms with Crippen LogP contribution in [0.4, 0.5) is 4.79 Å². The summed E-state index contributed by atoms with van der Waals surface area (Å²) in [6.45, 7) is 6.31. The molecule has 1 aromatic rings. The molecule has 1 aromatic heterocycles. The van der Waals surface area contributed by atoms with Crippen molar-refractivity contribution in [3.63, 3.8) is 0 Å². The van der Waals surface area contributed by atoms with Crippen molar-refractivity contribution < 1.29 is 9.53 Å². The van der Waals surface area contributed by atoms with Gasteiger partial charge in [-0.1, -0.05) is 0 Å². The summed E-state index contributed by atoms with van der Waals surface area (Å²) in [5.74, 6) is 0.0000633. The first kappa shape index (κ1) is 15.4. The second-order valence-electron chi connectivity index (χ2n) is 4.84. The predicted octanol–water partition coefficient (Wildman–Crippen LogP) is 2.47. The number of hydrogen-bond donors (Lipinski definition) is 2. The fourth-order valence-corrected chi connectivity index (χ4v) is 2.39. The average molecular weight is 336 g/mol. The van der Waals surface area contributed by atoms with Crippen LogP contribution in [0.25, 0.3) is 0 Å². The molecule has 0 radical (unpaired) electrons. The number of nitrogens with two attached hydrogens (primary N) is 1. The Kier molecular flexibility index (Phi) is 5.55. The fraction of sp³-hybridized carbons (Fsp3) is 0.636. The standard InChI is InChI=1S/C11H18BrN3O2S/c1-11(2,3)17-10(16)14-5-7(4-13)8-6-18-9(12)15-8/h6-7H,4-5,13H2,1-3H3,(H,14,16). The van der Waals surface area contributed by atoms with E-state index in [2.05, 4.69) is 26.2 Å². The van der Waals surface area contributed by atoms with Gasteiger partial charge in [0.2, 0.25) is 0 Å². The molecule has 102 valence electrons. The molecular formula is C11H18BrN3O2S. The first-order chi connectivity index (χ1) is 8.31. The number of amides is 1. The van der Waals surface area contributed by atoms with Gasteiger partial charge in [0.15, 0.2) is 3.92 Å². The summed E-state index contributed by atoms with van der Waals surface area (Å²) in [6.07, 6.45) is -0.435. The van der Waals surface area contributed by atoms with Crippen LogP contribution in [0.5, 0.6) is 0 Å². The van der Waals surface area contributed by atoms with Gasteiger partial charge in [-0.2, -0.15) is 0 Å². The van der Waals surface area contributed by atoms with Gasteiger partial charge in [0.25, 0.3) is 0 Å². The van der Waals surface area contributed by atoms with E-state index in [-0.39, 0.29) is 5.92 Å². The van der Waals surface area contributed by atoms with Gasteiger partial charge in [-0.15, -0.1) is 11.3 Å². The molecule has 0 aliphatic heterocycles. The number of hydrogen-bond acceptors (Lipinski definition) is 5. The summed E-state index contributed by atoms with van der Waals surface area (Å²) in [4.78, 5) is 15.8. The molecule has 3 N–H and O–H groups in total. The zero-order valence-corrected chi connectivity index (χ0v) is 13.1. The minimum atomic E-state index is -0.494. The third kappa shape index (κ3) is 5.32. The molecule has 0 aliphatic carbocycles. The number of aromatic nitrogens is 1. The number of carbonyl (C=O) groups is 1. The Morgan fingerprint density at radius 3 is 2.78 bits per heavy atom. The van der Waals surface area contributed by atoms with Crippen LogP contribution >= 0.6 is 27.3 Å². The lowest BCUT2D eigenvalue weighted by molar-refractivity contribution is 0.0524. The van der Waals surface area contributed by atoms with E-state index in [1.165, 1.54) is 11.3 Å². The quantitative estimate of drug-likeness (QED) is 0.885. The minimum absolute atomic E-state index is 0.0000633. The van der Waals surface area contributed by atoms with Crippen LogP contribution in [0.15, 0.2) is 9.30 Å². The topological polar surface area (TPSA) is 77.2 Å². The third-order valence-corrected chi connectivity index (χ3v) is 3.47. The highest BCUT2D eigenvalue weighted by atomic mass is 79.9. The Morgan fingerprint density at radius 2 is 2.33 bits per heavy atom. The molecule has 5 nitrogen and oxygen atoms in total. The predicted molar refractivity (Wildman–Crippen MR) is 75.8 cm³/mol. The van der Waals surface area contributed by atoms with Crippen molar-refractivity contribution in [3.8, 4) is 0 Å². The molecule has 1 amide bonds. The summed E-state index contributed by atoms with van der Waals surface area (Å²) in [6, 6.07) is 0. The summed E-state index contributed by atoms with van der Waals surface area (Å²) >= 11 is 4.80. The van der Waals surface area contributed by atoms with Gasteiger partial charge in [0, 0.05) is 24.4 Å². The van der Waals surface area contributed by atoms with Crippen molar-refractivity contribution in [1.82, 2.24) is 10.3 Å². The second-order valence-corrected chi connectivity index (χ2v) is 6.97. The molecule has 0 bridgehead atoms. The van der Waals surface area contributed by atoms with Gasteiger partial charge < -0.3 is 15.8 Å². The second kappa shape index (κ2) is 6.49. The largest absolute Gasteiger partial charge is 0.444 e. The molecule has 0 spiro atoms. The molecule has 0 aliphatic rings. The lowest BCUT2D eigenvalue weighted by Gasteiger charge is -2.21. The van der Waals surface area contributed by atoms with Crippen molar-refractivity contribution in [1.29, 1.82) is 0 Å².